The summed E-state index contributed by atoms with van der Waals surface area (Å²) in [6, 6.07) is 26.5. The normalized spacial score (nSPS) is 11.7. The van der Waals surface area contributed by atoms with Gasteiger partial charge < -0.3 is 15.2 Å². The van der Waals surface area contributed by atoms with Gasteiger partial charge in [0, 0.05) is 10.9 Å². The van der Waals surface area contributed by atoms with Gasteiger partial charge in [-0.05, 0) is 71.2 Å². The van der Waals surface area contributed by atoms with Crippen molar-refractivity contribution >= 4 is 34.4 Å². The summed E-state index contributed by atoms with van der Waals surface area (Å²) >= 11 is 1.55. The van der Waals surface area contributed by atoms with Crippen molar-refractivity contribution in [3.05, 3.63) is 102 Å². The van der Waals surface area contributed by atoms with Crippen LogP contribution in [-0.4, -0.2) is 35.0 Å². The Labute approximate surface area is 215 Å². The zero-order chi connectivity index (χ0) is 25.5. The van der Waals surface area contributed by atoms with Crippen LogP contribution >= 0.6 is 11.8 Å². The molecule has 4 rings (SSSR count). The Kier molecular flexibility index (Phi) is 8.28. The number of amides is 1. The molecule has 0 bridgehead atoms. The number of hydrogen-bond donors (Lipinski definition) is 2. The van der Waals surface area contributed by atoms with E-state index >= 15 is 0 Å². The fourth-order valence-electron chi connectivity index (χ4n) is 4.19. The summed E-state index contributed by atoms with van der Waals surface area (Å²) in [5, 5.41) is 14.4. The first-order valence-corrected chi connectivity index (χ1v) is 13.2. The molecule has 36 heavy (non-hydrogen) atoms. The smallest absolute Gasteiger partial charge is 0.326 e. The van der Waals surface area contributed by atoms with Gasteiger partial charge in [0.15, 0.2) is 0 Å². The van der Waals surface area contributed by atoms with E-state index in [1.165, 1.54) is 0 Å². The third kappa shape index (κ3) is 5.89. The van der Waals surface area contributed by atoms with Gasteiger partial charge in [-0.25, -0.2) is 4.79 Å². The molecule has 0 radical (unpaired) electrons. The fourth-order valence-corrected chi connectivity index (χ4v) is 4.66. The minimum atomic E-state index is -1.03. The molecule has 184 valence electrons. The number of fused-ring (bicyclic) bond motifs is 1. The van der Waals surface area contributed by atoms with Crippen LogP contribution in [0, 0.1) is 6.92 Å². The molecule has 0 saturated heterocycles. The third-order valence-corrected chi connectivity index (χ3v) is 6.77. The average molecular weight is 500 g/mol. The van der Waals surface area contributed by atoms with E-state index in [0.29, 0.717) is 24.3 Å². The molecule has 1 amide bonds. The van der Waals surface area contributed by atoms with Crippen molar-refractivity contribution in [2.24, 2.45) is 0 Å². The molecule has 5 nitrogen and oxygen atoms in total. The van der Waals surface area contributed by atoms with E-state index in [2.05, 4.69) is 17.4 Å². The number of carbonyl (C=O) groups is 2. The second-order valence-corrected chi connectivity index (χ2v) is 9.59. The maximum absolute atomic E-state index is 13.3. The van der Waals surface area contributed by atoms with Gasteiger partial charge in [0.05, 0.1) is 0 Å². The van der Waals surface area contributed by atoms with Crippen LogP contribution < -0.4 is 10.1 Å². The Bertz CT molecular complexity index is 1380. The molecule has 1 unspecified atom stereocenters. The molecular formula is C30H29NO4S. The Morgan fingerprint density at radius 3 is 2.47 bits per heavy atom. The van der Waals surface area contributed by atoms with Crippen LogP contribution in [-0.2, 0) is 11.4 Å². The number of ether oxygens (including phenoxy) is 1. The lowest BCUT2D eigenvalue weighted by Crippen LogP contribution is -2.41. The van der Waals surface area contributed by atoms with Gasteiger partial charge in [0.25, 0.3) is 5.91 Å². The molecule has 0 aliphatic heterocycles. The number of nitrogens with one attached hydrogen (secondary N) is 1. The van der Waals surface area contributed by atoms with E-state index in [0.717, 1.165) is 38.8 Å². The van der Waals surface area contributed by atoms with Gasteiger partial charge in [-0.15, -0.1) is 0 Å². The average Bonchev–Trinajstić information content (AvgIpc) is 2.89. The van der Waals surface area contributed by atoms with Crippen LogP contribution in [0.5, 0.6) is 5.75 Å². The molecule has 0 spiro atoms. The number of carboxylic acids is 1. The maximum Gasteiger partial charge on any atom is 0.326 e. The second-order valence-electron chi connectivity index (χ2n) is 8.61. The zero-order valence-electron chi connectivity index (χ0n) is 20.4. The standard InChI is InChI=1S/C30H29NO4S/c1-20-8-3-5-11-23(20)26-18-21(19-35-28-13-7-10-22-9-4-6-12-24(22)28)14-15-25(26)29(32)31-27(30(33)34)16-17-36-2/h3-15,18,27H,16-17,19H2,1-2H3,(H,31,32)(H,33,34). The Morgan fingerprint density at radius 2 is 1.69 bits per heavy atom. The SMILES string of the molecule is CSCCC(NC(=O)c1ccc(COc2cccc3ccccc23)cc1-c1ccccc1C)C(=O)O. The van der Waals surface area contributed by atoms with Crippen LogP contribution in [0.1, 0.15) is 27.9 Å². The molecule has 0 aromatic heterocycles. The highest BCUT2D eigenvalue weighted by atomic mass is 32.2. The molecule has 2 N–H and O–H groups in total. The van der Waals surface area contributed by atoms with E-state index in [4.69, 9.17) is 4.74 Å². The van der Waals surface area contributed by atoms with Crippen molar-refractivity contribution in [2.45, 2.75) is 26.0 Å². The monoisotopic (exact) mass is 499 g/mol. The van der Waals surface area contributed by atoms with Crippen molar-refractivity contribution < 1.29 is 19.4 Å². The molecule has 0 fully saturated rings. The maximum atomic E-state index is 13.3. The number of hydrogen-bond acceptors (Lipinski definition) is 4. The summed E-state index contributed by atoms with van der Waals surface area (Å²) < 4.78 is 6.19. The summed E-state index contributed by atoms with van der Waals surface area (Å²) in [4.78, 5) is 25.0. The first-order chi connectivity index (χ1) is 17.5. The van der Waals surface area contributed by atoms with Crippen LogP contribution in [0.2, 0.25) is 0 Å². The molecule has 6 heteroatoms. The van der Waals surface area contributed by atoms with Crippen LogP contribution in [0.4, 0.5) is 0 Å². The van der Waals surface area contributed by atoms with Crippen molar-refractivity contribution in [2.75, 3.05) is 12.0 Å². The topological polar surface area (TPSA) is 75.6 Å². The molecule has 1 atom stereocenters. The number of benzene rings is 4. The Morgan fingerprint density at radius 1 is 0.944 bits per heavy atom. The molecule has 0 aliphatic carbocycles. The van der Waals surface area contributed by atoms with Crippen LogP contribution in [0.3, 0.4) is 0 Å². The Hall–Kier alpha value is -3.77. The van der Waals surface area contributed by atoms with E-state index in [9.17, 15) is 14.7 Å². The zero-order valence-corrected chi connectivity index (χ0v) is 21.2. The highest BCUT2D eigenvalue weighted by Gasteiger charge is 2.22. The van der Waals surface area contributed by atoms with Gasteiger partial charge in [-0.1, -0.05) is 66.7 Å². The molecule has 0 saturated carbocycles. The van der Waals surface area contributed by atoms with Crippen molar-refractivity contribution in [3.63, 3.8) is 0 Å². The minimum Gasteiger partial charge on any atom is -0.488 e. The van der Waals surface area contributed by atoms with E-state index in [1.54, 1.807) is 17.8 Å². The summed E-state index contributed by atoms with van der Waals surface area (Å²) in [5.41, 5.74) is 4.05. The highest BCUT2D eigenvalue weighted by molar-refractivity contribution is 7.98. The van der Waals surface area contributed by atoms with Gasteiger partial charge >= 0.3 is 5.97 Å². The summed E-state index contributed by atoms with van der Waals surface area (Å²) in [5.74, 6) is 0.00970. The molecule has 4 aromatic carbocycles. The number of aliphatic carboxylic acids is 1. The largest absolute Gasteiger partial charge is 0.488 e. The predicted molar refractivity (Wildman–Crippen MR) is 147 cm³/mol. The number of carbonyl (C=O) groups excluding carboxylic acids is 1. The van der Waals surface area contributed by atoms with Gasteiger partial charge in [-0.2, -0.15) is 11.8 Å². The van der Waals surface area contributed by atoms with Crippen LogP contribution in [0.15, 0.2) is 84.9 Å². The first kappa shape index (κ1) is 25.3. The summed E-state index contributed by atoms with van der Waals surface area (Å²) in [7, 11) is 0. The van der Waals surface area contributed by atoms with Crippen molar-refractivity contribution in [1.29, 1.82) is 0 Å². The van der Waals surface area contributed by atoms with Gasteiger partial charge in [0.2, 0.25) is 0 Å². The quantitative estimate of drug-likeness (QED) is 0.267. The summed E-state index contributed by atoms with van der Waals surface area (Å²) in [6.07, 6.45) is 2.27. The second kappa shape index (κ2) is 11.8. The first-order valence-electron chi connectivity index (χ1n) is 11.8. The van der Waals surface area contributed by atoms with Crippen molar-refractivity contribution in [3.8, 4) is 16.9 Å². The number of aryl methyl sites for hydroxylation is 1. The number of thioether (sulfide) groups is 1. The number of carboxylic acid groups (broad SMARTS) is 1. The molecular weight excluding hydrogens is 470 g/mol. The lowest BCUT2D eigenvalue weighted by atomic mass is 9.93. The minimum absolute atomic E-state index is 0.334. The molecule has 0 heterocycles. The lowest BCUT2D eigenvalue weighted by Gasteiger charge is -2.18. The van der Waals surface area contributed by atoms with E-state index < -0.39 is 17.9 Å². The lowest BCUT2D eigenvalue weighted by molar-refractivity contribution is -0.139. The molecule has 4 aromatic rings. The predicted octanol–water partition coefficient (Wildman–Crippen LogP) is 6.33. The van der Waals surface area contributed by atoms with E-state index in [1.807, 2.05) is 79.9 Å². The summed E-state index contributed by atoms with van der Waals surface area (Å²) in [6.45, 7) is 2.33. The fraction of sp³-hybridized carbons (Fsp3) is 0.200. The van der Waals surface area contributed by atoms with Crippen molar-refractivity contribution in [1.82, 2.24) is 5.32 Å². The van der Waals surface area contributed by atoms with Gasteiger partial charge in [0.1, 0.15) is 18.4 Å². The Balaban J connectivity index is 1.65. The third-order valence-electron chi connectivity index (χ3n) is 6.12. The number of rotatable bonds is 10. The van der Waals surface area contributed by atoms with E-state index in [-0.39, 0.29) is 0 Å². The highest BCUT2D eigenvalue weighted by Crippen LogP contribution is 2.30. The van der Waals surface area contributed by atoms with Crippen LogP contribution in [0.25, 0.3) is 21.9 Å². The van der Waals surface area contributed by atoms with Gasteiger partial charge in [-0.3, -0.25) is 4.79 Å². The molecule has 0 aliphatic rings.